The Morgan fingerprint density at radius 2 is 2.00 bits per heavy atom. The molecular formula is C17H26Cl2N2O. The molecule has 0 saturated heterocycles. The molecule has 1 aliphatic rings. The van der Waals surface area contributed by atoms with Crippen LogP contribution in [0.4, 0.5) is 0 Å². The summed E-state index contributed by atoms with van der Waals surface area (Å²) in [6.45, 7) is 2.66. The van der Waals surface area contributed by atoms with Gasteiger partial charge in [0.1, 0.15) is 0 Å². The molecule has 0 heterocycles. The van der Waals surface area contributed by atoms with Gasteiger partial charge in [0.15, 0.2) is 0 Å². The summed E-state index contributed by atoms with van der Waals surface area (Å²) in [5, 5.41) is 3.86. The molecule has 3 nitrogen and oxygen atoms in total. The first kappa shape index (κ1) is 19.3. The lowest BCUT2D eigenvalue weighted by atomic mass is 10.1. The van der Waals surface area contributed by atoms with Crippen molar-refractivity contribution >= 4 is 29.9 Å². The van der Waals surface area contributed by atoms with Crippen molar-refractivity contribution in [2.24, 2.45) is 5.92 Å². The number of halogens is 2. The number of nitrogens with one attached hydrogen (secondary N) is 1. The molecule has 22 heavy (non-hydrogen) atoms. The van der Waals surface area contributed by atoms with Gasteiger partial charge in [-0.05, 0) is 62.9 Å². The second-order valence-corrected chi connectivity index (χ2v) is 6.30. The van der Waals surface area contributed by atoms with Crippen LogP contribution in [0.1, 0.15) is 31.2 Å². The molecule has 0 radical (unpaired) electrons. The summed E-state index contributed by atoms with van der Waals surface area (Å²) in [6.07, 6.45) is 5.02. The van der Waals surface area contributed by atoms with E-state index in [1.54, 1.807) is 0 Å². The molecule has 0 aliphatic heterocycles. The van der Waals surface area contributed by atoms with E-state index in [1.807, 2.05) is 31.3 Å². The fraction of sp³-hybridized carbons (Fsp3) is 0.588. The van der Waals surface area contributed by atoms with Gasteiger partial charge in [0, 0.05) is 24.5 Å². The first-order valence-electron chi connectivity index (χ1n) is 7.86. The second-order valence-electron chi connectivity index (χ2n) is 5.87. The minimum Gasteiger partial charge on any atom is -0.342 e. The highest BCUT2D eigenvalue weighted by atomic mass is 35.5. The summed E-state index contributed by atoms with van der Waals surface area (Å²) in [6, 6.07) is 7.92. The Morgan fingerprint density at radius 1 is 1.32 bits per heavy atom. The number of hydrogen-bond donors (Lipinski definition) is 1. The van der Waals surface area contributed by atoms with E-state index in [9.17, 15) is 4.79 Å². The first-order chi connectivity index (χ1) is 10.2. The van der Waals surface area contributed by atoms with Crippen molar-refractivity contribution in [1.29, 1.82) is 0 Å². The second kappa shape index (κ2) is 10.1. The summed E-state index contributed by atoms with van der Waals surface area (Å²) >= 11 is 5.90. The molecule has 0 bridgehead atoms. The third-order valence-electron chi connectivity index (χ3n) is 3.93. The molecule has 1 amide bonds. The van der Waals surface area contributed by atoms with Crippen LogP contribution in [0, 0.1) is 5.92 Å². The van der Waals surface area contributed by atoms with Gasteiger partial charge < -0.3 is 10.2 Å². The van der Waals surface area contributed by atoms with Gasteiger partial charge in [-0.25, -0.2) is 0 Å². The maximum absolute atomic E-state index is 12.3. The predicted octanol–water partition coefficient (Wildman–Crippen LogP) is 3.54. The molecule has 1 aromatic rings. The van der Waals surface area contributed by atoms with E-state index in [0.29, 0.717) is 12.3 Å². The van der Waals surface area contributed by atoms with Crippen molar-refractivity contribution < 1.29 is 4.79 Å². The molecule has 0 unspecified atom stereocenters. The largest absolute Gasteiger partial charge is 0.342 e. The van der Waals surface area contributed by atoms with Crippen molar-refractivity contribution in [1.82, 2.24) is 10.2 Å². The van der Waals surface area contributed by atoms with Gasteiger partial charge in [0.05, 0.1) is 0 Å². The highest BCUT2D eigenvalue weighted by Crippen LogP contribution is 2.30. The van der Waals surface area contributed by atoms with Crippen molar-refractivity contribution in [3.63, 3.8) is 0 Å². The van der Waals surface area contributed by atoms with Crippen molar-refractivity contribution in [2.75, 3.05) is 26.7 Å². The molecule has 1 N–H and O–H groups in total. The van der Waals surface area contributed by atoms with E-state index < -0.39 is 0 Å². The van der Waals surface area contributed by atoms with Gasteiger partial charge in [-0.3, -0.25) is 4.79 Å². The number of carbonyl (C=O) groups is 1. The summed E-state index contributed by atoms with van der Waals surface area (Å²) in [7, 11) is 1.92. The zero-order valence-corrected chi connectivity index (χ0v) is 14.8. The molecule has 0 aromatic heterocycles. The number of hydrogen-bond acceptors (Lipinski definition) is 2. The van der Waals surface area contributed by atoms with E-state index in [-0.39, 0.29) is 12.4 Å². The van der Waals surface area contributed by atoms with Crippen LogP contribution in [-0.4, -0.2) is 37.5 Å². The molecule has 0 spiro atoms. The molecule has 1 aromatic carbocycles. The van der Waals surface area contributed by atoms with E-state index in [1.165, 1.54) is 18.4 Å². The number of carbonyl (C=O) groups excluding carboxylic acids is 1. The standard InChI is InChI=1S/C17H25ClN2O.ClH/c1-19-11-2-3-17(21)20(13-15-4-5-15)12-10-14-6-8-16(18)9-7-14;/h6-9,15,19H,2-5,10-13H2,1H3;1H. The molecule has 0 atom stereocenters. The SMILES string of the molecule is CNCCCC(=O)N(CCc1ccc(Cl)cc1)CC1CC1.Cl. The lowest BCUT2D eigenvalue weighted by Crippen LogP contribution is -2.35. The maximum atomic E-state index is 12.3. The topological polar surface area (TPSA) is 32.3 Å². The molecule has 124 valence electrons. The van der Waals surface area contributed by atoms with Gasteiger partial charge in [-0.15, -0.1) is 12.4 Å². The van der Waals surface area contributed by atoms with Crippen LogP contribution in [0.2, 0.25) is 5.02 Å². The molecule has 1 aliphatic carbocycles. The summed E-state index contributed by atoms with van der Waals surface area (Å²) < 4.78 is 0. The van der Waals surface area contributed by atoms with E-state index in [4.69, 9.17) is 11.6 Å². The highest BCUT2D eigenvalue weighted by molar-refractivity contribution is 6.30. The Bertz CT molecular complexity index is 446. The summed E-state index contributed by atoms with van der Waals surface area (Å²) in [5.74, 6) is 1.04. The number of rotatable bonds is 9. The molecule has 1 fully saturated rings. The molecule has 5 heteroatoms. The highest BCUT2D eigenvalue weighted by Gasteiger charge is 2.26. The fourth-order valence-electron chi connectivity index (χ4n) is 2.42. The first-order valence-corrected chi connectivity index (χ1v) is 8.23. The van der Waals surface area contributed by atoms with Crippen LogP contribution < -0.4 is 5.32 Å². The normalized spacial score (nSPS) is 13.5. The van der Waals surface area contributed by atoms with Gasteiger partial charge in [0.2, 0.25) is 5.91 Å². The van der Waals surface area contributed by atoms with Gasteiger partial charge in [0.25, 0.3) is 0 Å². The van der Waals surface area contributed by atoms with Crippen LogP contribution in [0.15, 0.2) is 24.3 Å². The predicted molar refractivity (Wildman–Crippen MR) is 94.9 cm³/mol. The summed E-state index contributed by atoms with van der Waals surface area (Å²) in [5.41, 5.74) is 1.24. The number of nitrogens with zero attached hydrogens (tertiary/aromatic N) is 1. The molecule has 2 rings (SSSR count). The van der Waals surface area contributed by atoms with E-state index in [2.05, 4.69) is 10.2 Å². The lowest BCUT2D eigenvalue weighted by Gasteiger charge is -2.23. The third-order valence-corrected chi connectivity index (χ3v) is 4.18. The third kappa shape index (κ3) is 6.99. The number of amides is 1. The Balaban J connectivity index is 0.00000242. The minimum absolute atomic E-state index is 0. The van der Waals surface area contributed by atoms with E-state index in [0.717, 1.165) is 43.4 Å². The van der Waals surface area contributed by atoms with Gasteiger partial charge >= 0.3 is 0 Å². The Labute approximate surface area is 144 Å². The van der Waals surface area contributed by atoms with Crippen LogP contribution in [-0.2, 0) is 11.2 Å². The quantitative estimate of drug-likeness (QED) is 0.695. The zero-order chi connectivity index (χ0) is 15.1. The lowest BCUT2D eigenvalue weighted by molar-refractivity contribution is -0.131. The zero-order valence-electron chi connectivity index (χ0n) is 13.2. The average molecular weight is 345 g/mol. The van der Waals surface area contributed by atoms with Crippen LogP contribution in [0.3, 0.4) is 0 Å². The van der Waals surface area contributed by atoms with Crippen molar-refractivity contribution in [3.8, 4) is 0 Å². The van der Waals surface area contributed by atoms with Gasteiger partial charge in [-0.1, -0.05) is 23.7 Å². The number of benzene rings is 1. The van der Waals surface area contributed by atoms with Crippen molar-refractivity contribution in [3.05, 3.63) is 34.9 Å². The Hall–Kier alpha value is -0.770. The monoisotopic (exact) mass is 344 g/mol. The van der Waals surface area contributed by atoms with Crippen LogP contribution in [0.5, 0.6) is 0 Å². The minimum atomic E-state index is 0. The van der Waals surface area contributed by atoms with E-state index >= 15 is 0 Å². The van der Waals surface area contributed by atoms with Crippen molar-refractivity contribution in [2.45, 2.75) is 32.1 Å². The molecule has 1 saturated carbocycles. The maximum Gasteiger partial charge on any atom is 0.222 e. The average Bonchev–Trinajstić information content (AvgIpc) is 3.29. The Morgan fingerprint density at radius 3 is 2.59 bits per heavy atom. The smallest absolute Gasteiger partial charge is 0.222 e. The fourth-order valence-corrected chi connectivity index (χ4v) is 2.55. The molecular weight excluding hydrogens is 319 g/mol. The van der Waals surface area contributed by atoms with Crippen LogP contribution >= 0.6 is 24.0 Å². The summed E-state index contributed by atoms with van der Waals surface area (Å²) in [4.78, 5) is 14.4. The van der Waals surface area contributed by atoms with Crippen LogP contribution in [0.25, 0.3) is 0 Å². The Kier molecular flexibility index (Phi) is 8.84. The van der Waals surface area contributed by atoms with Gasteiger partial charge in [-0.2, -0.15) is 0 Å².